The monoisotopic (exact) mass is 310 g/mol. The van der Waals surface area contributed by atoms with Crippen molar-refractivity contribution in [2.45, 2.75) is 52.4 Å². The summed E-state index contributed by atoms with van der Waals surface area (Å²) < 4.78 is 0. The maximum atomic E-state index is 11.2. The van der Waals surface area contributed by atoms with E-state index in [-0.39, 0.29) is 5.78 Å². The van der Waals surface area contributed by atoms with Gasteiger partial charge in [-0.3, -0.25) is 4.79 Å². The summed E-state index contributed by atoms with van der Waals surface area (Å²) in [6.45, 7) is 6.48. The summed E-state index contributed by atoms with van der Waals surface area (Å²) in [5.74, 6) is 0.892. The zero-order valence-corrected chi connectivity index (χ0v) is 14.3. The van der Waals surface area contributed by atoms with Crippen LogP contribution in [0.3, 0.4) is 0 Å². The number of aromatic hydroxyl groups is 1. The molecule has 23 heavy (non-hydrogen) atoms. The number of phenols is 1. The van der Waals surface area contributed by atoms with Gasteiger partial charge >= 0.3 is 0 Å². The molecule has 0 aromatic heterocycles. The minimum absolute atomic E-state index is 0.0545. The second-order valence-corrected chi connectivity index (χ2v) is 6.40. The van der Waals surface area contributed by atoms with Gasteiger partial charge in [0, 0.05) is 0 Å². The summed E-state index contributed by atoms with van der Waals surface area (Å²) in [6.07, 6.45) is 11.1. The quantitative estimate of drug-likeness (QED) is 0.780. The highest BCUT2D eigenvalue weighted by molar-refractivity contribution is 6.01. The molecule has 2 heteroatoms. The summed E-state index contributed by atoms with van der Waals surface area (Å²) in [6, 6.07) is 5.96. The fraction of sp³-hybridized carbons (Fsp3) is 0.381. The molecule has 1 N–H and O–H groups in total. The van der Waals surface area contributed by atoms with Crippen molar-refractivity contribution >= 4 is 5.78 Å². The standard InChI is InChI=1S/C21H26O2/c1-4-15(2)19-12-17(13-21(23)14-19)7-5-6-16(3)18-8-10-20(22)11-9-18/h8-15,23H,4-7H2,1-3H3. The molecule has 0 bridgehead atoms. The second kappa shape index (κ2) is 7.96. The third-order valence-electron chi connectivity index (χ3n) is 4.55. The first-order chi connectivity index (χ1) is 11.0. The number of aryl methyl sites for hydroxylation is 1. The number of hydrogen-bond donors (Lipinski definition) is 1. The van der Waals surface area contributed by atoms with Gasteiger partial charge in [-0.15, -0.1) is 0 Å². The molecule has 0 aliphatic heterocycles. The molecule has 1 aromatic carbocycles. The first-order valence-corrected chi connectivity index (χ1v) is 8.42. The van der Waals surface area contributed by atoms with Crippen LogP contribution in [-0.4, -0.2) is 10.9 Å². The molecule has 1 aromatic rings. The van der Waals surface area contributed by atoms with Crippen molar-refractivity contribution in [2.24, 2.45) is 0 Å². The Balaban J connectivity index is 1.98. The normalized spacial score (nSPS) is 15.1. The van der Waals surface area contributed by atoms with Gasteiger partial charge < -0.3 is 5.11 Å². The molecule has 0 saturated heterocycles. The van der Waals surface area contributed by atoms with Crippen LogP contribution >= 0.6 is 0 Å². The van der Waals surface area contributed by atoms with Crippen LogP contribution in [0.2, 0.25) is 0 Å². The van der Waals surface area contributed by atoms with E-state index in [0.717, 1.165) is 31.3 Å². The SMILES string of the molecule is CCC(C)c1cc(O)cc(CCCC(C)=C2C=CC(=O)C=C2)c1. The molecule has 0 fully saturated rings. The van der Waals surface area contributed by atoms with E-state index in [1.165, 1.54) is 16.7 Å². The van der Waals surface area contributed by atoms with Crippen LogP contribution in [0, 0.1) is 0 Å². The lowest BCUT2D eigenvalue weighted by molar-refractivity contribution is -0.110. The number of ketones is 1. The molecule has 0 spiro atoms. The second-order valence-electron chi connectivity index (χ2n) is 6.40. The molecule has 1 atom stereocenters. The zero-order valence-electron chi connectivity index (χ0n) is 14.3. The lowest BCUT2D eigenvalue weighted by Crippen LogP contribution is -1.96. The topological polar surface area (TPSA) is 37.3 Å². The van der Waals surface area contributed by atoms with Crippen LogP contribution in [0.1, 0.15) is 57.1 Å². The fourth-order valence-electron chi connectivity index (χ4n) is 2.81. The van der Waals surface area contributed by atoms with Crippen molar-refractivity contribution < 1.29 is 9.90 Å². The van der Waals surface area contributed by atoms with E-state index in [0.29, 0.717) is 11.7 Å². The van der Waals surface area contributed by atoms with Crippen molar-refractivity contribution in [3.8, 4) is 5.75 Å². The Hall–Kier alpha value is -2.09. The van der Waals surface area contributed by atoms with E-state index in [1.54, 1.807) is 12.2 Å². The van der Waals surface area contributed by atoms with Crippen LogP contribution in [0.5, 0.6) is 5.75 Å². The largest absolute Gasteiger partial charge is 0.508 e. The van der Waals surface area contributed by atoms with Gasteiger partial charge in [0.1, 0.15) is 5.75 Å². The van der Waals surface area contributed by atoms with E-state index >= 15 is 0 Å². The molecule has 1 aliphatic rings. The number of phenolic OH excluding ortho intramolecular Hbond substituents is 1. The van der Waals surface area contributed by atoms with Gasteiger partial charge in [0.05, 0.1) is 0 Å². The predicted molar refractivity (Wildman–Crippen MR) is 95.7 cm³/mol. The number of carbonyl (C=O) groups excluding carboxylic acids is 1. The Morgan fingerprint density at radius 2 is 1.83 bits per heavy atom. The van der Waals surface area contributed by atoms with Gasteiger partial charge in [-0.1, -0.05) is 37.6 Å². The number of benzene rings is 1. The van der Waals surface area contributed by atoms with Crippen molar-refractivity contribution in [3.05, 3.63) is 64.8 Å². The predicted octanol–water partition coefficient (Wildman–Crippen LogP) is 5.24. The summed E-state index contributed by atoms with van der Waals surface area (Å²) in [4.78, 5) is 11.2. The molecule has 0 amide bonds. The van der Waals surface area contributed by atoms with Crippen LogP contribution < -0.4 is 0 Å². The van der Waals surface area contributed by atoms with Crippen LogP contribution in [-0.2, 0) is 11.2 Å². The van der Waals surface area contributed by atoms with Crippen molar-refractivity contribution in [2.75, 3.05) is 0 Å². The number of allylic oxidation sites excluding steroid dienone is 6. The van der Waals surface area contributed by atoms with E-state index < -0.39 is 0 Å². The van der Waals surface area contributed by atoms with Gasteiger partial charge in [0.15, 0.2) is 5.78 Å². The van der Waals surface area contributed by atoms with Crippen LogP contribution in [0.25, 0.3) is 0 Å². The average Bonchev–Trinajstić information content (AvgIpc) is 2.54. The molecule has 2 nitrogen and oxygen atoms in total. The number of hydrogen-bond acceptors (Lipinski definition) is 2. The van der Waals surface area contributed by atoms with E-state index in [2.05, 4.69) is 26.8 Å². The first-order valence-electron chi connectivity index (χ1n) is 8.42. The third kappa shape index (κ3) is 4.95. The maximum Gasteiger partial charge on any atom is 0.178 e. The van der Waals surface area contributed by atoms with Gasteiger partial charge in [-0.05, 0) is 79.5 Å². The van der Waals surface area contributed by atoms with Crippen molar-refractivity contribution in [1.29, 1.82) is 0 Å². The van der Waals surface area contributed by atoms with Gasteiger partial charge in [0.2, 0.25) is 0 Å². The lowest BCUT2D eigenvalue weighted by Gasteiger charge is -2.12. The molecule has 1 unspecified atom stereocenters. The summed E-state index contributed by atoms with van der Waals surface area (Å²) in [5, 5.41) is 9.92. The number of carbonyl (C=O) groups is 1. The summed E-state index contributed by atoms with van der Waals surface area (Å²) >= 11 is 0. The molecule has 122 valence electrons. The van der Waals surface area contributed by atoms with Crippen molar-refractivity contribution in [3.63, 3.8) is 0 Å². The number of rotatable bonds is 6. The Morgan fingerprint density at radius 3 is 2.48 bits per heavy atom. The molecular weight excluding hydrogens is 284 g/mol. The first kappa shape index (κ1) is 17.3. The molecular formula is C21H26O2. The molecule has 0 saturated carbocycles. The Kier molecular flexibility index (Phi) is 5.97. The third-order valence-corrected chi connectivity index (χ3v) is 4.55. The summed E-state index contributed by atoms with van der Waals surface area (Å²) in [7, 11) is 0. The van der Waals surface area contributed by atoms with E-state index in [9.17, 15) is 9.90 Å². The van der Waals surface area contributed by atoms with E-state index in [4.69, 9.17) is 0 Å². The highest BCUT2D eigenvalue weighted by Crippen LogP contribution is 2.26. The molecule has 0 radical (unpaired) electrons. The minimum atomic E-state index is 0.0545. The Morgan fingerprint density at radius 1 is 1.13 bits per heavy atom. The maximum absolute atomic E-state index is 11.2. The van der Waals surface area contributed by atoms with Gasteiger partial charge in [-0.25, -0.2) is 0 Å². The van der Waals surface area contributed by atoms with Gasteiger partial charge in [0.25, 0.3) is 0 Å². The lowest BCUT2D eigenvalue weighted by atomic mass is 9.94. The highest BCUT2D eigenvalue weighted by Gasteiger charge is 2.07. The van der Waals surface area contributed by atoms with Crippen molar-refractivity contribution in [1.82, 2.24) is 0 Å². The zero-order chi connectivity index (χ0) is 16.8. The molecule has 0 heterocycles. The Labute approximate surface area is 139 Å². The van der Waals surface area contributed by atoms with Crippen LogP contribution in [0.15, 0.2) is 53.6 Å². The smallest absolute Gasteiger partial charge is 0.178 e. The molecule has 1 aliphatic carbocycles. The summed E-state index contributed by atoms with van der Waals surface area (Å²) in [5.41, 5.74) is 4.85. The van der Waals surface area contributed by atoms with Crippen LogP contribution in [0.4, 0.5) is 0 Å². The highest BCUT2D eigenvalue weighted by atomic mass is 16.3. The van der Waals surface area contributed by atoms with Gasteiger partial charge in [-0.2, -0.15) is 0 Å². The fourth-order valence-corrected chi connectivity index (χ4v) is 2.81. The Bertz CT molecular complexity index is 644. The molecule has 2 rings (SSSR count). The van der Waals surface area contributed by atoms with E-state index in [1.807, 2.05) is 24.3 Å². The minimum Gasteiger partial charge on any atom is -0.508 e. The average molecular weight is 310 g/mol.